The van der Waals surface area contributed by atoms with Crippen LogP contribution in [-0.2, 0) is 9.53 Å². The Bertz CT molecular complexity index is 923. The van der Waals surface area contributed by atoms with Crippen molar-refractivity contribution in [1.29, 1.82) is 0 Å². The van der Waals surface area contributed by atoms with Crippen molar-refractivity contribution < 1.29 is 28.5 Å². The standard InChI is InChI=1S/C25H32N2O6/c1-4-5-16-32-22-11-6-19(17-23(22)31-3)25(29)33-18-24(28)27-14-12-26(13-15-27)20-7-9-21(30-2)10-8-20/h6-11,17H,4-5,12-16,18H2,1-3H3. The number of unbranched alkanes of at least 4 members (excludes halogenated alkanes) is 1. The molecule has 8 nitrogen and oxygen atoms in total. The quantitative estimate of drug-likeness (QED) is 0.401. The fraction of sp³-hybridized carbons (Fsp3) is 0.440. The Morgan fingerprint density at radius 2 is 1.64 bits per heavy atom. The van der Waals surface area contributed by atoms with Gasteiger partial charge in [0.25, 0.3) is 5.91 Å². The van der Waals surface area contributed by atoms with Crippen LogP contribution in [0.5, 0.6) is 17.2 Å². The van der Waals surface area contributed by atoms with E-state index in [1.165, 1.54) is 7.11 Å². The van der Waals surface area contributed by atoms with Gasteiger partial charge in [-0.2, -0.15) is 0 Å². The third kappa shape index (κ3) is 6.54. The number of rotatable bonds is 10. The van der Waals surface area contributed by atoms with Gasteiger partial charge in [-0.05, 0) is 48.9 Å². The predicted octanol–water partition coefficient (Wildman–Crippen LogP) is 3.39. The molecule has 33 heavy (non-hydrogen) atoms. The lowest BCUT2D eigenvalue weighted by molar-refractivity contribution is -0.134. The Morgan fingerprint density at radius 1 is 0.909 bits per heavy atom. The normalized spacial score (nSPS) is 13.4. The van der Waals surface area contributed by atoms with Crippen molar-refractivity contribution in [2.24, 2.45) is 0 Å². The average Bonchev–Trinajstić information content (AvgIpc) is 2.87. The number of hydrogen-bond acceptors (Lipinski definition) is 7. The van der Waals surface area contributed by atoms with Gasteiger partial charge in [-0.3, -0.25) is 4.79 Å². The molecule has 0 saturated carbocycles. The lowest BCUT2D eigenvalue weighted by Gasteiger charge is -2.36. The molecule has 1 aliphatic rings. The van der Waals surface area contributed by atoms with Crippen molar-refractivity contribution in [2.75, 3.05) is 58.5 Å². The minimum atomic E-state index is -0.571. The summed E-state index contributed by atoms with van der Waals surface area (Å²) in [5, 5.41) is 0. The van der Waals surface area contributed by atoms with Gasteiger partial charge in [0.05, 0.1) is 26.4 Å². The van der Waals surface area contributed by atoms with Crippen molar-refractivity contribution >= 4 is 17.6 Å². The maximum absolute atomic E-state index is 12.6. The zero-order chi connectivity index (χ0) is 23.6. The number of nitrogens with zero attached hydrogens (tertiary/aromatic N) is 2. The largest absolute Gasteiger partial charge is 0.497 e. The highest BCUT2D eigenvalue weighted by molar-refractivity contribution is 5.92. The van der Waals surface area contributed by atoms with E-state index >= 15 is 0 Å². The van der Waals surface area contributed by atoms with Crippen LogP contribution in [0.2, 0.25) is 0 Å². The lowest BCUT2D eigenvalue weighted by atomic mass is 10.2. The monoisotopic (exact) mass is 456 g/mol. The SMILES string of the molecule is CCCCOc1ccc(C(=O)OCC(=O)N2CCN(c3ccc(OC)cc3)CC2)cc1OC. The number of anilines is 1. The van der Waals surface area contributed by atoms with Crippen LogP contribution in [0.25, 0.3) is 0 Å². The van der Waals surface area contributed by atoms with Crippen LogP contribution in [0.1, 0.15) is 30.1 Å². The summed E-state index contributed by atoms with van der Waals surface area (Å²) >= 11 is 0. The van der Waals surface area contributed by atoms with Crippen LogP contribution >= 0.6 is 0 Å². The van der Waals surface area contributed by atoms with E-state index in [-0.39, 0.29) is 12.5 Å². The van der Waals surface area contributed by atoms with Crippen molar-refractivity contribution in [3.05, 3.63) is 48.0 Å². The zero-order valence-electron chi connectivity index (χ0n) is 19.5. The maximum Gasteiger partial charge on any atom is 0.338 e. The Morgan fingerprint density at radius 3 is 2.27 bits per heavy atom. The second-order valence-corrected chi connectivity index (χ2v) is 7.71. The molecule has 0 aromatic heterocycles. The molecule has 1 heterocycles. The van der Waals surface area contributed by atoms with Gasteiger partial charge < -0.3 is 28.7 Å². The van der Waals surface area contributed by atoms with E-state index in [0.29, 0.717) is 49.8 Å². The molecule has 1 fully saturated rings. The summed E-state index contributed by atoms with van der Waals surface area (Å²) in [5.74, 6) is 1.07. The maximum atomic E-state index is 12.6. The predicted molar refractivity (Wildman–Crippen MR) is 125 cm³/mol. The van der Waals surface area contributed by atoms with Crippen LogP contribution in [0.15, 0.2) is 42.5 Å². The van der Waals surface area contributed by atoms with E-state index in [2.05, 4.69) is 11.8 Å². The molecule has 0 atom stereocenters. The Hall–Kier alpha value is -3.42. The summed E-state index contributed by atoms with van der Waals surface area (Å²) in [4.78, 5) is 28.9. The smallest absolute Gasteiger partial charge is 0.338 e. The summed E-state index contributed by atoms with van der Waals surface area (Å²) in [6, 6.07) is 12.7. The highest BCUT2D eigenvalue weighted by Crippen LogP contribution is 2.28. The number of methoxy groups -OCH3 is 2. The van der Waals surface area contributed by atoms with Gasteiger partial charge in [-0.15, -0.1) is 0 Å². The van der Waals surface area contributed by atoms with E-state index in [4.69, 9.17) is 18.9 Å². The third-order valence-corrected chi connectivity index (χ3v) is 5.55. The van der Waals surface area contributed by atoms with E-state index in [0.717, 1.165) is 24.3 Å². The summed E-state index contributed by atoms with van der Waals surface area (Å²) < 4.78 is 21.5. The molecule has 1 saturated heterocycles. The highest BCUT2D eigenvalue weighted by Gasteiger charge is 2.23. The summed E-state index contributed by atoms with van der Waals surface area (Å²) in [6.07, 6.45) is 1.96. The Balaban J connectivity index is 1.47. The van der Waals surface area contributed by atoms with Crippen LogP contribution in [0.3, 0.4) is 0 Å². The summed E-state index contributed by atoms with van der Waals surface area (Å²) in [5.41, 5.74) is 1.40. The molecular weight excluding hydrogens is 424 g/mol. The fourth-order valence-electron chi connectivity index (χ4n) is 3.55. The molecular formula is C25H32N2O6. The Kier molecular flexibility index (Phi) is 8.80. The van der Waals surface area contributed by atoms with Crippen molar-refractivity contribution in [1.82, 2.24) is 4.90 Å². The molecule has 0 radical (unpaired) electrons. The first-order valence-corrected chi connectivity index (χ1v) is 11.2. The van der Waals surface area contributed by atoms with Gasteiger partial charge in [0.2, 0.25) is 0 Å². The lowest BCUT2D eigenvalue weighted by Crippen LogP contribution is -2.49. The molecule has 2 aromatic carbocycles. The first-order chi connectivity index (χ1) is 16.0. The van der Waals surface area contributed by atoms with Gasteiger partial charge in [0, 0.05) is 31.9 Å². The number of benzene rings is 2. The second-order valence-electron chi connectivity index (χ2n) is 7.71. The van der Waals surface area contributed by atoms with E-state index in [9.17, 15) is 9.59 Å². The van der Waals surface area contributed by atoms with Crippen LogP contribution < -0.4 is 19.1 Å². The second kappa shape index (κ2) is 12.0. The summed E-state index contributed by atoms with van der Waals surface area (Å²) in [6.45, 7) is 4.93. The molecule has 0 aliphatic carbocycles. The van der Waals surface area contributed by atoms with Gasteiger partial charge >= 0.3 is 5.97 Å². The average molecular weight is 457 g/mol. The molecule has 0 spiro atoms. The van der Waals surface area contributed by atoms with Gasteiger partial charge in [0.15, 0.2) is 18.1 Å². The molecule has 0 unspecified atom stereocenters. The molecule has 2 aromatic rings. The van der Waals surface area contributed by atoms with Crippen LogP contribution in [0, 0.1) is 0 Å². The number of carbonyl (C=O) groups excluding carboxylic acids is 2. The third-order valence-electron chi connectivity index (χ3n) is 5.55. The van der Waals surface area contributed by atoms with Crippen molar-refractivity contribution in [3.8, 4) is 17.2 Å². The topological polar surface area (TPSA) is 77.5 Å². The van der Waals surface area contributed by atoms with E-state index in [1.54, 1.807) is 30.2 Å². The van der Waals surface area contributed by atoms with Crippen LogP contribution in [0.4, 0.5) is 5.69 Å². The molecule has 8 heteroatoms. The molecule has 0 bridgehead atoms. The van der Waals surface area contributed by atoms with Crippen molar-refractivity contribution in [2.45, 2.75) is 19.8 Å². The first kappa shape index (κ1) is 24.2. The van der Waals surface area contributed by atoms with E-state index < -0.39 is 5.97 Å². The molecule has 1 aliphatic heterocycles. The van der Waals surface area contributed by atoms with Crippen LogP contribution in [-0.4, -0.2) is 70.4 Å². The molecule has 3 rings (SSSR count). The zero-order valence-corrected chi connectivity index (χ0v) is 19.5. The highest BCUT2D eigenvalue weighted by atomic mass is 16.5. The van der Waals surface area contributed by atoms with Gasteiger partial charge in [-0.1, -0.05) is 13.3 Å². The number of ether oxygens (including phenoxy) is 4. The number of piperazine rings is 1. The van der Waals surface area contributed by atoms with Crippen molar-refractivity contribution in [3.63, 3.8) is 0 Å². The summed E-state index contributed by atoms with van der Waals surface area (Å²) in [7, 11) is 3.16. The fourth-order valence-corrected chi connectivity index (χ4v) is 3.55. The minimum absolute atomic E-state index is 0.204. The molecule has 0 N–H and O–H groups in total. The molecule has 178 valence electrons. The first-order valence-electron chi connectivity index (χ1n) is 11.2. The number of esters is 1. The Labute approximate surface area is 195 Å². The number of amides is 1. The van der Waals surface area contributed by atoms with Gasteiger partial charge in [0.1, 0.15) is 5.75 Å². The van der Waals surface area contributed by atoms with Gasteiger partial charge in [-0.25, -0.2) is 4.79 Å². The van der Waals surface area contributed by atoms with E-state index in [1.807, 2.05) is 24.3 Å². The minimum Gasteiger partial charge on any atom is -0.497 e. The molecule has 1 amide bonds. The number of carbonyl (C=O) groups is 2. The number of hydrogen-bond donors (Lipinski definition) is 0.